The van der Waals surface area contributed by atoms with Crippen LogP contribution in [0, 0.1) is 0 Å². The molecule has 0 N–H and O–H groups in total. The van der Waals surface area contributed by atoms with E-state index in [1.807, 2.05) is 27.7 Å². The molecule has 0 aliphatic rings. The van der Waals surface area contributed by atoms with Gasteiger partial charge in [0.15, 0.2) is 30.5 Å². The van der Waals surface area contributed by atoms with Crippen LogP contribution in [-0.2, 0) is 24.4 Å². The minimum Gasteiger partial charge on any atom is -0.343 e. The Morgan fingerprint density at radius 1 is 0.556 bits per heavy atom. The standard InChI is InChI=1S/C20H42O5S2/c1-5-9-13-17-26(21,22)19(15-11-7-3)25-20(16-12-8-4)27(23,24)18-14-10-6-2/h19-20H,5-18H2,1-4H3. The summed E-state index contributed by atoms with van der Waals surface area (Å²) in [7, 11) is -6.92. The fourth-order valence-electron chi connectivity index (χ4n) is 2.94. The molecule has 5 nitrogen and oxygen atoms in total. The van der Waals surface area contributed by atoms with Crippen molar-refractivity contribution in [3.63, 3.8) is 0 Å². The van der Waals surface area contributed by atoms with Crippen LogP contribution in [0.4, 0.5) is 0 Å². The highest BCUT2D eigenvalue weighted by atomic mass is 32.2. The van der Waals surface area contributed by atoms with E-state index in [1.165, 1.54) is 0 Å². The Labute approximate surface area is 168 Å². The summed E-state index contributed by atoms with van der Waals surface area (Å²) in [5.74, 6) is 0.150. The van der Waals surface area contributed by atoms with Crippen molar-refractivity contribution in [2.45, 2.75) is 116 Å². The van der Waals surface area contributed by atoms with Gasteiger partial charge in [0.05, 0.1) is 11.5 Å². The first-order chi connectivity index (χ1) is 12.7. The average molecular weight is 427 g/mol. The zero-order valence-corrected chi connectivity index (χ0v) is 19.5. The first-order valence-corrected chi connectivity index (χ1v) is 14.3. The molecule has 0 saturated heterocycles. The van der Waals surface area contributed by atoms with E-state index in [4.69, 9.17) is 4.74 Å². The van der Waals surface area contributed by atoms with Crippen molar-refractivity contribution in [2.24, 2.45) is 0 Å². The summed E-state index contributed by atoms with van der Waals surface area (Å²) in [6, 6.07) is 0. The van der Waals surface area contributed by atoms with Crippen LogP contribution in [0.3, 0.4) is 0 Å². The molecule has 0 radical (unpaired) electrons. The van der Waals surface area contributed by atoms with Crippen LogP contribution in [0.25, 0.3) is 0 Å². The van der Waals surface area contributed by atoms with Crippen molar-refractivity contribution in [1.82, 2.24) is 0 Å². The molecule has 27 heavy (non-hydrogen) atoms. The summed E-state index contributed by atoms with van der Waals surface area (Å²) in [5.41, 5.74) is -2.01. The highest BCUT2D eigenvalue weighted by Crippen LogP contribution is 2.23. The van der Waals surface area contributed by atoms with Gasteiger partial charge >= 0.3 is 0 Å². The van der Waals surface area contributed by atoms with Crippen molar-refractivity contribution >= 4 is 19.7 Å². The first kappa shape index (κ1) is 26.9. The molecule has 0 aromatic heterocycles. The van der Waals surface area contributed by atoms with Gasteiger partial charge in [-0.05, 0) is 25.7 Å². The Bertz CT molecular complexity index is 505. The first-order valence-electron chi connectivity index (χ1n) is 10.8. The SMILES string of the molecule is CCCCCS(=O)(=O)C(CCCC)OC(CCCC)S(=O)(=O)CCCCC. The average Bonchev–Trinajstić information content (AvgIpc) is 2.61. The predicted molar refractivity (Wildman–Crippen MR) is 114 cm³/mol. The molecule has 2 unspecified atom stereocenters. The monoisotopic (exact) mass is 426 g/mol. The summed E-state index contributed by atoms with van der Waals surface area (Å²) < 4.78 is 57.0. The van der Waals surface area contributed by atoms with Crippen LogP contribution in [0.2, 0.25) is 0 Å². The third kappa shape index (κ3) is 11.4. The second kappa shape index (κ2) is 14.8. The fourth-order valence-corrected chi connectivity index (χ4v) is 6.41. The van der Waals surface area contributed by atoms with E-state index in [0.717, 1.165) is 38.5 Å². The van der Waals surface area contributed by atoms with E-state index >= 15 is 0 Å². The molecule has 0 spiro atoms. The van der Waals surface area contributed by atoms with E-state index in [1.54, 1.807) is 0 Å². The van der Waals surface area contributed by atoms with E-state index in [-0.39, 0.29) is 11.5 Å². The topological polar surface area (TPSA) is 77.5 Å². The molecular formula is C20H42O5S2. The summed E-state index contributed by atoms with van der Waals surface area (Å²) in [4.78, 5) is 0. The third-order valence-electron chi connectivity index (χ3n) is 4.76. The van der Waals surface area contributed by atoms with Gasteiger partial charge in [-0.3, -0.25) is 0 Å². The number of sulfone groups is 2. The van der Waals surface area contributed by atoms with Crippen LogP contribution in [0.5, 0.6) is 0 Å². The van der Waals surface area contributed by atoms with Crippen molar-refractivity contribution in [3.8, 4) is 0 Å². The van der Waals surface area contributed by atoms with Crippen LogP contribution < -0.4 is 0 Å². The Hall–Kier alpha value is -0.140. The summed E-state index contributed by atoms with van der Waals surface area (Å²) in [6.45, 7) is 8.05. The Kier molecular flexibility index (Phi) is 14.7. The number of ether oxygens (including phenoxy) is 1. The lowest BCUT2D eigenvalue weighted by Crippen LogP contribution is -2.36. The molecule has 0 aliphatic carbocycles. The quantitative estimate of drug-likeness (QED) is 0.280. The number of unbranched alkanes of at least 4 members (excludes halogenated alkanes) is 6. The maximum Gasteiger partial charge on any atom is 0.177 e. The molecule has 0 saturated carbocycles. The minimum absolute atomic E-state index is 0.0750. The molecule has 0 fully saturated rings. The summed E-state index contributed by atoms with van der Waals surface area (Å²) in [6.07, 6.45) is 8.70. The van der Waals surface area contributed by atoms with Crippen LogP contribution in [0.15, 0.2) is 0 Å². The normalized spacial score (nSPS) is 15.0. The lowest BCUT2D eigenvalue weighted by Gasteiger charge is -2.25. The molecular weight excluding hydrogens is 384 g/mol. The summed E-state index contributed by atoms with van der Waals surface area (Å²) in [5, 5.41) is 0. The highest BCUT2D eigenvalue weighted by Gasteiger charge is 2.33. The van der Waals surface area contributed by atoms with Crippen molar-refractivity contribution in [1.29, 1.82) is 0 Å². The zero-order valence-electron chi connectivity index (χ0n) is 17.9. The fraction of sp³-hybridized carbons (Fsp3) is 1.00. The zero-order chi connectivity index (χ0) is 20.8. The molecule has 164 valence electrons. The predicted octanol–water partition coefficient (Wildman–Crippen LogP) is 5.25. The van der Waals surface area contributed by atoms with Gasteiger partial charge in [0.25, 0.3) is 0 Å². The number of hydrogen-bond acceptors (Lipinski definition) is 5. The second-order valence-electron chi connectivity index (χ2n) is 7.43. The maximum atomic E-state index is 12.8. The van der Waals surface area contributed by atoms with Gasteiger partial charge in [-0.2, -0.15) is 0 Å². The van der Waals surface area contributed by atoms with Crippen molar-refractivity contribution < 1.29 is 21.6 Å². The van der Waals surface area contributed by atoms with Crippen molar-refractivity contribution in [3.05, 3.63) is 0 Å². The molecule has 0 amide bonds. The Balaban J connectivity index is 5.33. The molecule has 0 aromatic rings. The van der Waals surface area contributed by atoms with Crippen molar-refractivity contribution in [2.75, 3.05) is 11.5 Å². The van der Waals surface area contributed by atoms with Gasteiger partial charge in [0.2, 0.25) is 0 Å². The molecule has 7 heteroatoms. The van der Waals surface area contributed by atoms with Gasteiger partial charge in [0, 0.05) is 0 Å². The van der Waals surface area contributed by atoms with Gasteiger partial charge in [-0.25, -0.2) is 16.8 Å². The number of hydrogen-bond donors (Lipinski definition) is 0. The van der Waals surface area contributed by atoms with Gasteiger partial charge in [0.1, 0.15) is 0 Å². The largest absolute Gasteiger partial charge is 0.343 e. The van der Waals surface area contributed by atoms with Gasteiger partial charge in [-0.1, -0.05) is 79.1 Å². The molecule has 0 aliphatic heterocycles. The van der Waals surface area contributed by atoms with E-state index in [0.29, 0.717) is 38.5 Å². The van der Waals surface area contributed by atoms with Gasteiger partial charge in [-0.15, -0.1) is 0 Å². The second-order valence-corrected chi connectivity index (χ2v) is 11.9. The van der Waals surface area contributed by atoms with Gasteiger partial charge < -0.3 is 4.74 Å². The number of rotatable bonds is 18. The van der Waals surface area contributed by atoms with Crippen LogP contribution in [-0.4, -0.2) is 39.2 Å². The maximum absolute atomic E-state index is 12.8. The highest BCUT2D eigenvalue weighted by molar-refractivity contribution is 7.92. The minimum atomic E-state index is -3.46. The third-order valence-corrected chi connectivity index (χ3v) is 8.77. The summed E-state index contributed by atoms with van der Waals surface area (Å²) >= 11 is 0. The lowest BCUT2D eigenvalue weighted by atomic mass is 10.2. The van der Waals surface area contributed by atoms with E-state index in [9.17, 15) is 16.8 Å². The molecule has 0 heterocycles. The van der Waals surface area contributed by atoms with Crippen LogP contribution in [0.1, 0.15) is 105 Å². The Morgan fingerprint density at radius 3 is 1.19 bits per heavy atom. The van der Waals surface area contributed by atoms with E-state index < -0.39 is 30.5 Å². The Morgan fingerprint density at radius 2 is 0.889 bits per heavy atom. The smallest absolute Gasteiger partial charge is 0.177 e. The lowest BCUT2D eigenvalue weighted by molar-refractivity contribution is 0.0662. The van der Waals surface area contributed by atoms with E-state index in [2.05, 4.69) is 0 Å². The molecule has 0 rings (SSSR count). The van der Waals surface area contributed by atoms with Crippen LogP contribution >= 0.6 is 0 Å². The molecule has 2 atom stereocenters. The molecule has 0 bridgehead atoms. The molecule has 0 aromatic carbocycles.